The lowest BCUT2D eigenvalue weighted by Crippen LogP contribution is -2.44. The molecule has 1 N–H and O–H groups in total. The van der Waals surface area contributed by atoms with Gasteiger partial charge in [-0.3, -0.25) is 4.90 Å². The van der Waals surface area contributed by atoms with Crippen LogP contribution in [0.1, 0.15) is 57.8 Å². The van der Waals surface area contributed by atoms with Crippen molar-refractivity contribution in [1.82, 2.24) is 15.1 Å². The highest BCUT2D eigenvalue weighted by Crippen LogP contribution is 2.34. The van der Waals surface area contributed by atoms with Gasteiger partial charge < -0.3 is 19.7 Å². The first kappa shape index (κ1) is 21.4. The van der Waals surface area contributed by atoms with Crippen LogP contribution in [0, 0.1) is 0 Å². The van der Waals surface area contributed by atoms with E-state index in [4.69, 9.17) is 21.7 Å². The average Bonchev–Trinajstić information content (AvgIpc) is 3.36. The highest BCUT2D eigenvalue weighted by Gasteiger charge is 2.39. The van der Waals surface area contributed by atoms with Gasteiger partial charge in [0.25, 0.3) is 5.17 Å². The van der Waals surface area contributed by atoms with Gasteiger partial charge in [-0.25, -0.2) is 4.79 Å². The maximum absolute atomic E-state index is 12.9. The lowest BCUT2D eigenvalue weighted by molar-refractivity contribution is 0.00591. The van der Waals surface area contributed by atoms with E-state index < -0.39 is 5.60 Å². The molecule has 3 rings (SSSR count). The first-order valence-electron chi connectivity index (χ1n) is 10.2. The van der Waals surface area contributed by atoms with Crippen LogP contribution in [0.2, 0.25) is 0 Å². The second-order valence-corrected chi connectivity index (χ2v) is 8.78. The second-order valence-electron chi connectivity index (χ2n) is 8.43. The Bertz CT molecular complexity index is 775. The fraction of sp³-hybridized carbons (Fsp3) is 0.545. The number of hydrogen-bond donors (Lipinski definition) is 1. The van der Waals surface area contributed by atoms with Crippen LogP contribution in [-0.2, 0) is 15.9 Å². The van der Waals surface area contributed by atoms with Crippen LogP contribution in [0.3, 0.4) is 0 Å². The minimum atomic E-state index is -0.538. The second kappa shape index (κ2) is 9.03. The third-order valence-electron chi connectivity index (χ3n) is 5.06. The van der Waals surface area contributed by atoms with Crippen molar-refractivity contribution in [2.24, 2.45) is 0 Å². The normalized spacial score (nSPS) is 19.8. The number of thiocarbonyl (C=S) groups is 1. The van der Waals surface area contributed by atoms with E-state index in [-0.39, 0.29) is 18.2 Å². The number of rotatable bonds is 4. The van der Waals surface area contributed by atoms with Gasteiger partial charge >= 0.3 is 6.09 Å². The standard InChI is InChI=1S/C22H31N3O3S/c1-5-16-8-6-9-17(14-16)19(27-21(29)24-13-11-23-15-24)18-10-7-12-25(18)20(26)28-22(2,3)4/h6,8-9,11,13-14,18-19,23H,5,7,10,12,15H2,1-4H3/t18-,19?/m0/s1. The van der Waals surface area contributed by atoms with E-state index in [1.807, 2.05) is 44.1 Å². The van der Waals surface area contributed by atoms with Crippen molar-refractivity contribution >= 4 is 23.5 Å². The van der Waals surface area contributed by atoms with E-state index in [9.17, 15) is 4.79 Å². The molecule has 1 aromatic carbocycles. The molecule has 1 aromatic rings. The largest absolute Gasteiger partial charge is 0.460 e. The molecule has 0 saturated carbocycles. The van der Waals surface area contributed by atoms with E-state index in [1.165, 1.54) is 5.56 Å². The molecule has 1 unspecified atom stereocenters. The van der Waals surface area contributed by atoms with Gasteiger partial charge in [-0.15, -0.1) is 0 Å². The molecule has 2 aliphatic heterocycles. The molecule has 0 radical (unpaired) electrons. The molecule has 2 aliphatic rings. The number of benzene rings is 1. The molecular weight excluding hydrogens is 386 g/mol. The number of ether oxygens (including phenoxy) is 2. The molecule has 158 valence electrons. The van der Waals surface area contributed by atoms with Crippen LogP contribution in [0.5, 0.6) is 0 Å². The van der Waals surface area contributed by atoms with Crippen LogP contribution < -0.4 is 5.32 Å². The Hall–Kier alpha value is -2.28. The predicted molar refractivity (Wildman–Crippen MR) is 117 cm³/mol. The zero-order chi connectivity index (χ0) is 21.0. The smallest absolute Gasteiger partial charge is 0.410 e. The van der Waals surface area contributed by atoms with Gasteiger partial charge in [0.1, 0.15) is 11.7 Å². The van der Waals surface area contributed by atoms with Gasteiger partial charge in [0.15, 0.2) is 0 Å². The predicted octanol–water partition coefficient (Wildman–Crippen LogP) is 4.33. The van der Waals surface area contributed by atoms with Gasteiger partial charge in [-0.2, -0.15) is 0 Å². The Balaban J connectivity index is 1.87. The monoisotopic (exact) mass is 417 g/mol. The topological polar surface area (TPSA) is 54.0 Å². The molecule has 29 heavy (non-hydrogen) atoms. The summed E-state index contributed by atoms with van der Waals surface area (Å²) in [6.07, 6.45) is 5.75. The van der Waals surface area contributed by atoms with Crippen molar-refractivity contribution in [1.29, 1.82) is 0 Å². The van der Waals surface area contributed by atoms with Crippen LogP contribution in [0.4, 0.5) is 4.79 Å². The third kappa shape index (κ3) is 5.41. The third-order valence-corrected chi connectivity index (χ3v) is 5.39. The van der Waals surface area contributed by atoms with Gasteiger partial charge in [0, 0.05) is 18.9 Å². The van der Waals surface area contributed by atoms with Crippen molar-refractivity contribution in [2.45, 2.75) is 64.7 Å². The molecule has 1 fully saturated rings. The average molecular weight is 418 g/mol. The van der Waals surface area contributed by atoms with Crippen LogP contribution in [0.15, 0.2) is 36.7 Å². The molecular formula is C22H31N3O3S. The maximum atomic E-state index is 12.9. The number of nitrogens with one attached hydrogen (secondary N) is 1. The summed E-state index contributed by atoms with van der Waals surface area (Å²) in [6.45, 7) is 9.03. The van der Waals surface area contributed by atoms with E-state index in [2.05, 4.69) is 30.4 Å². The first-order valence-corrected chi connectivity index (χ1v) is 10.6. The lowest BCUT2D eigenvalue weighted by atomic mass is 9.97. The molecule has 0 aromatic heterocycles. The SMILES string of the molecule is CCc1cccc(C(OC(=S)N2C=CNC2)[C@@H]2CCCN2C(=O)OC(C)(C)C)c1. The summed E-state index contributed by atoms with van der Waals surface area (Å²) in [5, 5.41) is 3.50. The Morgan fingerprint density at radius 3 is 2.83 bits per heavy atom. The summed E-state index contributed by atoms with van der Waals surface area (Å²) in [4.78, 5) is 16.5. The Morgan fingerprint density at radius 1 is 1.38 bits per heavy atom. The van der Waals surface area contributed by atoms with Crippen molar-refractivity contribution in [3.8, 4) is 0 Å². The summed E-state index contributed by atoms with van der Waals surface area (Å²) in [7, 11) is 0. The van der Waals surface area contributed by atoms with Gasteiger partial charge in [-0.05, 0) is 63.4 Å². The van der Waals surface area contributed by atoms with Gasteiger partial charge in [0.2, 0.25) is 0 Å². The van der Waals surface area contributed by atoms with Crippen molar-refractivity contribution in [3.63, 3.8) is 0 Å². The zero-order valence-electron chi connectivity index (χ0n) is 17.7. The molecule has 7 heteroatoms. The number of carbonyl (C=O) groups is 1. The number of nitrogens with zero attached hydrogens (tertiary/aromatic N) is 2. The molecule has 0 bridgehead atoms. The van der Waals surface area contributed by atoms with Crippen molar-refractivity contribution < 1.29 is 14.3 Å². The molecule has 2 atom stereocenters. The fourth-order valence-corrected chi connectivity index (χ4v) is 3.89. The highest BCUT2D eigenvalue weighted by molar-refractivity contribution is 7.80. The Labute approximate surface area is 178 Å². The molecule has 1 saturated heterocycles. The van der Waals surface area contributed by atoms with Crippen LogP contribution in [-0.4, -0.2) is 45.9 Å². The fourth-order valence-electron chi connectivity index (χ4n) is 3.66. The van der Waals surface area contributed by atoms with Gasteiger partial charge in [0.05, 0.1) is 12.7 Å². The number of hydrogen-bond acceptors (Lipinski definition) is 5. The van der Waals surface area contributed by atoms with Crippen LogP contribution >= 0.6 is 12.2 Å². The molecule has 0 aliphatic carbocycles. The molecule has 6 nitrogen and oxygen atoms in total. The number of carbonyl (C=O) groups excluding carboxylic acids is 1. The number of likely N-dealkylation sites (tertiary alicyclic amines) is 1. The zero-order valence-corrected chi connectivity index (χ0v) is 18.5. The summed E-state index contributed by atoms with van der Waals surface area (Å²) in [5.74, 6) is 0. The lowest BCUT2D eigenvalue weighted by Gasteiger charge is -2.34. The summed E-state index contributed by atoms with van der Waals surface area (Å²) < 4.78 is 12.0. The highest BCUT2D eigenvalue weighted by atomic mass is 32.1. The molecule has 2 heterocycles. The maximum Gasteiger partial charge on any atom is 0.410 e. The van der Waals surface area contributed by atoms with E-state index in [1.54, 1.807) is 4.90 Å². The quantitative estimate of drug-likeness (QED) is 0.736. The van der Waals surface area contributed by atoms with E-state index in [0.717, 1.165) is 24.8 Å². The molecule has 0 spiro atoms. The van der Waals surface area contributed by atoms with Crippen molar-refractivity contribution in [3.05, 3.63) is 47.8 Å². The van der Waals surface area contributed by atoms with E-state index >= 15 is 0 Å². The Morgan fingerprint density at radius 2 is 2.17 bits per heavy atom. The summed E-state index contributed by atoms with van der Waals surface area (Å²) in [6, 6.07) is 8.21. The Kier molecular flexibility index (Phi) is 6.67. The van der Waals surface area contributed by atoms with Crippen molar-refractivity contribution in [2.75, 3.05) is 13.2 Å². The van der Waals surface area contributed by atoms with Gasteiger partial charge in [-0.1, -0.05) is 31.2 Å². The summed E-state index contributed by atoms with van der Waals surface area (Å²) >= 11 is 5.56. The number of aryl methyl sites for hydroxylation is 1. The van der Waals surface area contributed by atoms with E-state index in [0.29, 0.717) is 18.4 Å². The van der Waals surface area contributed by atoms with Crippen LogP contribution in [0.25, 0.3) is 0 Å². The minimum Gasteiger partial charge on any atom is -0.460 e. The first-order chi connectivity index (χ1) is 13.8. The number of amides is 1. The minimum absolute atomic E-state index is 0.130. The summed E-state index contributed by atoms with van der Waals surface area (Å²) in [5.41, 5.74) is 1.72. The molecule has 1 amide bonds.